The minimum absolute atomic E-state index is 0.323. The lowest BCUT2D eigenvalue weighted by atomic mass is 9.79. The summed E-state index contributed by atoms with van der Waals surface area (Å²) in [6, 6.07) is 2.06. The maximum Gasteiger partial charge on any atom is 0.496 e. The molecule has 0 aliphatic carbocycles. The molecule has 1 aromatic rings. The van der Waals surface area contributed by atoms with Crippen molar-refractivity contribution in [1.29, 1.82) is 0 Å². The third kappa shape index (κ3) is 2.68. The van der Waals surface area contributed by atoms with Crippen LogP contribution in [0.15, 0.2) is 12.3 Å². The van der Waals surface area contributed by atoms with E-state index in [9.17, 15) is 0 Å². The van der Waals surface area contributed by atoms with E-state index in [4.69, 9.17) is 14.0 Å². The zero-order valence-electron chi connectivity index (χ0n) is 12.6. The van der Waals surface area contributed by atoms with E-state index in [1.165, 1.54) is 0 Å². The molecule has 0 radical (unpaired) electrons. The number of nitrogens with zero attached hydrogens (tertiary/aromatic N) is 1. The van der Waals surface area contributed by atoms with E-state index in [1.807, 2.05) is 40.8 Å². The molecule has 4 nitrogen and oxygen atoms in total. The Balaban J connectivity index is 2.23. The van der Waals surface area contributed by atoms with Crippen molar-refractivity contribution in [3.63, 3.8) is 0 Å². The van der Waals surface area contributed by atoms with Crippen LogP contribution in [0.5, 0.6) is 0 Å². The molecule has 0 N–H and O–H groups in total. The number of aromatic nitrogens is 1. The Morgan fingerprint density at radius 2 is 1.79 bits per heavy atom. The zero-order chi connectivity index (χ0) is 14.3. The SMILES string of the molecule is COCc1ncc(B2OC(C)(C)C(C)(C)O2)cc1C. The molecule has 0 aromatic carbocycles. The Kier molecular flexibility index (Phi) is 3.73. The first-order valence-electron chi connectivity index (χ1n) is 6.57. The van der Waals surface area contributed by atoms with E-state index < -0.39 is 0 Å². The Bertz CT molecular complexity index is 458. The van der Waals surface area contributed by atoms with E-state index >= 15 is 0 Å². The van der Waals surface area contributed by atoms with Crippen LogP contribution in [-0.2, 0) is 20.7 Å². The van der Waals surface area contributed by atoms with Crippen LogP contribution in [0, 0.1) is 6.92 Å². The molecule has 1 aromatic heterocycles. The summed E-state index contributed by atoms with van der Waals surface area (Å²) in [4.78, 5) is 4.42. The van der Waals surface area contributed by atoms with Crippen molar-refractivity contribution in [3.8, 4) is 0 Å². The van der Waals surface area contributed by atoms with Crippen molar-refractivity contribution in [2.24, 2.45) is 0 Å². The van der Waals surface area contributed by atoms with Gasteiger partial charge in [-0.2, -0.15) is 0 Å². The van der Waals surface area contributed by atoms with Crippen LogP contribution in [0.1, 0.15) is 39.0 Å². The summed E-state index contributed by atoms with van der Waals surface area (Å²) in [7, 11) is 1.32. The number of hydrogen-bond acceptors (Lipinski definition) is 4. The maximum atomic E-state index is 6.01. The summed E-state index contributed by atoms with van der Waals surface area (Å²) in [5.41, 5.74) is 2.35. The van der Waals surface area contributed by atoms with Crippen LogP contribution in [0.25, 0.3) is 0 Å². The van der Waals surface area contributed by atoms with Crippen LogP contribution in [-0.4, -0.2) is 30.4 Å². The van der Waals surface area contributed by atoms with Crippen LogP contribution >= 0.6 is 0 Å². The van der Waals surface area contributed by atoms with Gasteiger partial charge in [0.15, 0.2) is 0 Å². The predicted molar refractivity (Wildman–Crippen MR) is 75.4 cm³/mol. The summed E-state index contributed by atoms with van der Waals surface area (Å²) >= 11 is 0. The van der Waals surface area contributed by atoms with Crippen molar-refractivity contribution in [1.82, 2.24) is 4.98 Å². The molecule has 5 heteroatoms. The van der Waals surface area contributed by atoms with Gasteiger partial charge in [-0.05, 0) is 40.2 Å². The average Bonchev–Trinajstić information content (AvgIpc) is 2.51. The van der Waals surface area contributed by atoms with Gasteiger partial charge in [0.05, 0.1) is 23.5 Å². The van der Waals surface area contributed by atoms with Crippen molar-refractivity contribution < 1.29 is 14.0 Å². The largest absolute Gasteiger partial charge is 0.496 e. The number of hydrogen-bond donors (Lipinski definition) is 0. The first-order chi connectivity index (χ1) is 8.77. The second-order valence-corrected chi connectivity index (χ2v) is 6.05. The van der Waals surface area contributed by atoms with E-state index in [-0.39, 0.29) is 18.3 Å². The van der Waals surface area contributed by atoms with Gasteiger partial charge in [0, 0.05) is 18.8 Å². The van der Waals surface area contributed by atoms with Crippen LogP contribution in [0.3, 0.4) is 0 Å². The van der Waals surface area contributed by atoms with Gasteiger partial charge in [0.25, 0.3) is 0 Å². The standard InChI is InChI=1S/C14H22BNO3/c1-10-7-11(8-16-12(10)9-17-6)15-18-13(2,3)14(4,5)19-15/h7-8H,9H2,1-6H3. The van der Waals surface area contributed by atoms with Gasteiger partial charge in [0.2, 0.25) is 0 Å². The van der Waals surface area contributed by atoms with Gasteiger partial charge < -0.3 is 14.0 Å². The van der Waals surface area contributed by atoms with Crippen molar-refractivity contribution in [2.75, 3.05) is 7.11 Å². The molecular formula is C14H22BNO3. The number of rotatable bonds is 3. The average molecular weight is 263 g/mol. The molecule has 1 saturated heterocycles. The molecule has 0 atom stereocenters. The molecule has 1 aliphatic rings. The molecule has 0 amide bonds. The molecular weight excluding hydrogens is 241 g/mol. The van der Waals surface area contributed by atoms with Crippen LogP contribution < -0.4 is 5.46 Å². The predicted octanol–water partition coefficient (Wildman–Crippen LogP) is 1.84. The van der Waals surface area contributed by atoms with E-state index in [2.05, 4.69) is 11.1 Å². The Morgan fingerprint density at radius 1 is 1.21 bits per heavy atom. The quantitative estimate of drug-likeness (QED) is 0.780. The smallest absolute Gasteiger partial charge is 0.399 e. The molecule has 0 bridgehead atoms. The Hall–Kier alpha value is -0.905. The number of methoxy groups -OCH3 is 1. The molecule has 104 valence electrons. The van der Waals surface area contributed by atoms with Crippen LogP contribution in [0.4, 0.5) is 0 Å². The number of pyridine rings is 1. The summed E-state index contributed by atoms with van der Waals surface area (Å²) < 4.78 is 17.1. The number of ether oxygens (including phenoxy) is 1. The summed E-state index contributed by atoms with van der Waals surface area (Å²) in [6.07, 6.45) is 1.81. The van der Waals surface area contributed by atoms with E-state index in [0.29, 0.717) is 6.61 Å². The monoisotopic (exact) mass is 263 g/mol. The zero-order valence-corrected chi connectivity index (χ0v) is 12.6. The van der Waals surface area contributed by atoms with Gasteiger partial charge in [-0.25, -0.2) is 0 Å². The van der Waals surface area contributed by atoms with Crippen molar-refractivity contribution in [2.45, 2.75) is 52.4 Å². The molecule has 0 spiro atoms. The minimum Gasteiger partial charge on any atom is -0.399 e. The molecule has 1 aliphatic heterocycles. The lowest BCUT2D eigenvalue weighted by Gasteiger charge is -2.32. The van der Waals surface area contributed by atoms with E-state index in [1.54, 1.807) is 7.11 Å². The number of aryl methyl sites for hydroxylation is 1. The summed E-state index contributed by atoms with van der Waals surface area (Å²) in [6.45, 7) is 10.7. The fourth-order valence-corrected chi connectivity index (χ4v) is 2.02. The molecule has 1 fully saturated rings. The maximum absolute atomic E-state index is 6.01. The van der Waals surface area contributed by atoms with Gasteiger partial charge in [-0.1, -0.05) is 6.07 Å². The van der Waals surface area contributed by atoms with Gasteiger partial charge >= 0.3 is 7.12 Å². The van der Waals surface area contributed by atoms with Crippen molar-refractivity contribution in [3.05, 3.63) is 23.5 Å². The van der Waals surface area contributed by atoms with Gasteiger partial charge in [-0.15, -0.1) is 0 Å². The van der Waals surface area contributed by atoms with Gasteiger partial charge in [-0.3, -0.25) is 4.98 Å². The second-order valence-electron chi connectivity index (χ2n) is 6.05. The normalized spacial score (nSPS) is 20.8. The third-order valence-corrected chi connectivity index (χ3v) is 4.01. The van der Waals surface area contributed by atoms with Crippen LogP contribution in [0.2, 0.25) is 0 Å². The molecule has 0 saturated carbocycles. The van der Waals surface area contributed by atoms with E-state index in [0.717, 1.165) is 16.7 Å². The lowest BCUT2D eigenvalue weighted by molar-refractivity contribution is 0.00578. The van der Waals surface area contributed by atoms with Gasteiger partial charge in [0.1, 0.15) is 0 Å². The molecule has 2 rings (SSSR count). The highest BCUT2D eigenvalue weighted by atomic mass is 16.7. The lowest BCUT2D eigenvalue weighted by Crippen LogP contribution is -2.41. The Labute approximate surface area is 115 Å². The summed E-state index contributed by atoms with van der Waals surface area (Å²) in [5, 5.41) is 0. The molecule has 19 heavy (non-hydrogen) atoms. The molecule has 0 unspecified atom stereocenters. The third-order valence-electron chi connectivity index (χ3n) is 4.01. The first kappa shape index (κ1) is 14.5. The fourth-order valence-electron chi connectivity index (χ4n) is 2.02. The minimum atomic E-state index is -0.354. The first-order valence-corrected chi connectivity index (χ1v) is 6.57. The highest BCUT2D eigenvalue weighted by Gasteiger charge is 2.51. The highest BCUT2D eigenvalue weighted by molar-refractivity contribution is 6.62. The second kappa shape index (κ2) is 4.89. The molecule has 2 heterocycles. The fraction of sp³-hybridized carbons (Fsp3) is 0.643. The topological polar surface area (TPSA) is 40.6 Å². The van der Waals surface area contributed by atoms with Crippen molar-refractivity contribution >= 4 is 12.6 Å². The highest BCUT2D eigenvalue weighted by Crippen LogP contribution is 2.36. The Morgan fingerprint density at radius 3 is 2.26 bits per heavy atom. The summed E-state index contributed by atoms with van der Waals surface area (Å²) in [5.74, 6) is 0.